The maximum Gasteiger partial charge on any atom is 0.169 e. The summed E-state index contributed by atoms with van der Waals surface area (Å²) in [5.41, 5.74) is 0.228. The fourth-order valence-electron chi connectivity index (χ4n) is 5.18. The minimum atomic E-state index is 0.114. The molecule has 4 nitrogen and oxygen atoms in total. The van der Waals surface area contributed by atoms with Crippen molar-refractivity contribution in [3.8, 4) is 0 Å². The molecule has 0 amide bonds. The van der Waals surface area contributed by atoms with E-state index in [1.807, 2.05) is 13.0 Å². The number of thiocarbonyl (C=S) groups is 1. The molecule has 5 heteroatoms. The van der Waals surface area contributed by atoms with Crippen LogP contribution < -0.4 is 10.6 Å². The molecule has 27 heavy (non-hydrogen) atoms. The second kappa shape index (κ2) is 8.12. The van der Waals surface area contributed by atoms with Gasteiger partial charge in [0.15, 0.2) is 5.11 Å². The van der Waals surface area contributed by atoms with Crippen molar-refractivity contribution in [2.75, 3.05) is 0 Å². The highest BCUT2D eigenvalue weighted by molar-refractivity contribution is 7.80. The molecule has 1 aliphatic carbocycles. The fourth-order valence-corrected chi connectivity index (χ4v) is 5.56. The molecule has 1 aromatic heterocycles. The summed E-state index contributed by atoms with van der Waals surface area (Å²) in [4.78, 5) is 2.40. The normalized spacial score (nSPS) is 23.1. The van der Waals surface area contributed by atoms with E-state index in [4.69, 9.17) is 16.6 Å². The third kappa shape index (κ3) is 5.71. The number of rotatable bonds is 4. The lowest BCUT2D eigenvalue weighted by Gasteiger charge is -2.47. The zero-order valence-electron chi connectivity index (χ0n) is 17.7. The zero-order chi connectivity index (χ0) is 19.7. The van der Waals surface area contributed by atoms with Crippen molar-refractivity contribution in [1.29, 1.82) is 0 Å². The van der Waals surface area contributed by atoms with Crippen LogP contribution in [0.5, 0.6) is 0 Å². The first kappa shape index (κ1) is 20.7. The predicted octanol–water partition coefficient (Wildman–Crippen LogP) is 4.91. The monoisotopic (exact) mass is 391 g/mol. The average Bonchev–Trinajstić information content (AvgIpc) is 2.95. The van der Waals surface area contributed by atoms with E-state index in [-0.39, 0.29) is 11.1 Å². The average molecular weight is 392 g/mol. The number of aryl methyl sites for hydroxylation is 1. The number of piperidine rings is 1. The molecule has 0 spiro atoms. The van der Waals surface area contributed by atoms with Gasteiger partial charge in [-0.3, -0.25) is 0 Å². The summed E-state index contributed by atoms with van der Waals surface area (Å²) in [6.07, 6.45) is 8.56. The van der Waals surface area contributed by atoms with E-state index in [2.05, 4.69) is 49.3 Å². The van der Waals surface area contributed by atoms with Crippen molar-refractivity contribution < 1.29 is 4.42 Å². The van der Waals surface area contributed by atoms with Gasteiger partial charge in [-0.05, 0) is 84.7 Å². The highest BCUT2D eigenvalue weighted by Gasteiger charge is 2.38. The van der Waals surface area contributed by atoms with Gasteiger partial charge >= 0.3 is 0 Å². The third-order valence-electron chi connectivity index (χ3n) is 5.92. The third-order valence-corrected chi connectivity index (χ3v) is 6.27. The summed E-state index contributed by atoms with van der Waals surface area (Å²) >= 11 is 5.95. The SMILES string of the molecule is Cc1ccc(CN(C(=S)NC2CC(C)(C)NC(C)(C)C2)C2CCCCC2)o1. The van der Waals surface area contributed by atoms with Gasteiger partial charge in [0.1, 0.15) is 11.5 Å². The first-order valence-corrected chi connectivity index (χ1v) is 11.0. The number of hydrogen-bond acceptors (Lipinski definition) is 3. The van der Waals surface area contributed by atoms with Gasteiger partial charge in [-0.1, -0.05) is 19.3 Å². The van der Waals surface area contributed by atoms with Crippen LogP contribution in [0.3, 0.4) is 0 Å². The zero-order valence-corrected chi connectivity index (χ0v) is 18.5. The number of nitrogens with one attached hydrogen (secondary N) is 2. The summed E-state index contributed by atoms with van der Waals surface area (Å²) in [5.74, 6) is 1.97. The van der Waals surface area contributed by atoms with Gasteiger partial charge in [-0.25, -0.2) is 0 Å². The Morgan fingerprint density at radius 1 is 1.15 bits per heavy atom. The molecular formula is C22H37N3OS. The molecule has 1 saturated carbocycles. The summed E-state index contributed by atoms with van der Waals surface area (Å²) in [6, 6.07) is 5.05. The van der Waals surface area contributed by atoms with Gasteiger partial charge in [0.25, 0.3) is 0 Å². The second-order valence-electron chi connectivity index (χ2n) is 9.88. The minimum Gasteiger partial charge on any atom is -0.464 e. The van der Waals surface area contributed by atoms with Crippen molar-refractivity contribution in [3.63, 3.8) is 0 Å². The first-order chi connectivity index (χ1) is 12.6. The standard InChI is InChI=1S/C22H37N3OS/c1-16-11-12-19(26-16)15-25(18-9-7-6-8-10-18)20(27)23-17-13-21(2,3)24-22(4,5)14-17/h11-12,17-18,24H,6-10,13-15H2,1-5H3,(H,23,27). The molecule has 0 bridgehead atoms. The van der Waals surface area contributed by atoms with E-state index >= 15 is 0 Å². The predicted molar refractivity (Wildman–Crippen MR) is 116 cm³/mol. The molecule has 0 unspecified atom stereocenters. The van der Waals surface area contributed by atoms with Crippen molar-refractivity contribution >= 4 is 17.3 Å². The summed E-state index contributed by atoms with van der Waals surface area (Å²) in [5, 5.41) is 8.39. The maximum absolute atomic E-state index is 5.95. The van der Waals surface area contributed by atoms with Crippen molar-refractivity contribution in [2.24, 2.45) is 0 Å². The van der Waals surface area contributed by atoms with Crippen LogP contribution in [0.25, 0.3) is 0 Å². The highest BCUT2D eigenvalue weighted by atomic mass is 32.1. The van der Waals surface area contributed by atoms with E-state index in [0.717, 1.165) is 36.0 Å². The molecule has 2 heterocycles. The summed E-state index contributed by atoms with van der Waals surface area (Å²) in [6.45, 7) is 11.9. The largest absolute Gasteiger partial charge is 0.464 e. The van der Waals surface area contributed by atoms with Gasteiger partial charge in [-0.2, -0.15) is 0 Å². The van der Waals surface area contributed by atoms with E-state index in [9.17, 15) is 0 Å². The lowest BCUT2D eigenvalue weighted by molar-refractivity contribution is 0.150. The topological polar surface area (TPSA) is 40.4 Å². The van der Waals surface area contributed by atoms with Gasteiger partial charge < -0.3 is 20.0 Å². The van der Waals surface area contributed by atoms with E-state index < -0.39 is 0 Å². The first-order valence-electron chi connectivity index (χ1n) is 10.6. The number of furan rings is 1. The molecular weight excluding hydrogens is 354 g/mol. The Morgan fingerprint density at radius 2 is 1.78 bits per heavy atom. The van der Waals surface area contributed by atoms with Gasteiger partial charge in [0.2, 0.25) is 0 Å². The number of nitrogens with zero attached hydrogens (tertiary/aromatic N) is 1. The van der Waals surface area contributed by atoms with E-state index in [0.29, 0.717) is 12.1 Å². The lowest BCUT2D eigenvalue weighted by Crippen LogP contribution is -2.63. The van der Waals surface area contributed by atoms with Crippen LogP contribution in [0.4, 0.5) is 0 Å². The van der Waals surface area contributed by atoms with Gasteiger partial charge in [-0.15, -0.1) is 0 Å². The molecule has 0 radical (unpaired) electrons. The molecule has 1 aromatic rings. The lowest BCUT2D eigenvalue weighted by atomic mass is 9.79. The molecule has 0 aromatic carbocycles. The Morgan fingerprint density at radius 3 is 2.33 bits per heavy atom. The quantitative estimate of drug-likeness (QED) is 0.714. The molecule has 2 N–H and O–H groups in total. The van der Waals surface area contributed by atoms with Crippen LogP contribution in [0.2, 0.25) is 0 Å². The Kier molecular flexibility index (Phi) is 6.21. The Hall–Kier alpha value is -1.07. The molecule has 1 saturated heterocycles. The van der Waals surface area contributed by atoms with Crippen molar-refractivity contribution in [3.05, 3.63) is 23.7 Å². The molecule has 3 rings (SSSR count). The summed E-state index contributed by atoms with van der Waals surface area (Å²) in [7, 11) is 0. The van der Waals surface area contributed by atoms with Gasteiger partial charge in [0.05, 0.1) is 6.54 Å². The van der Waals surface area contributed by atoms with Crippen LogP contribution in [0, 0.1) is 6.92 Å². The maximum atomic E-state index is 5.95. The molecule has 0 atom stereocenters. The second-order valence-corrected chi connectivity index (χ2v) is 10.3. The van der Waals surface area contributed by atoms with Crippen molar-refractivity contribution in [2.45, 2.75) is 109 Å². The van der Waals surface area contributed by atoms with Crippen molar-refractivity contribution in [1.82, 2.24) is 15.5 Å². The molecule has 2 fully saturated rings. The van der Waals surface area contributed by atoms with Crippen LogP contribution in [0.15, 0.2) is 16.5 Å². The van der Waals surface area contributed by atoms with Crippen LogP contribution in [-0.4, -0.2) is 33.2 Å². The minimum absolute atomic E-state index is 0.114. The fraction of sp³-hybridized carbons (Fsp3) is 0.773. The molecule has 1 aliphatic heterocycles. The summed E-state index contributed by atoms with van der Waals surface area (Å²) < 4.78 is 5.87. The smallest absolute Gasteiger partial charge is 0.169 e. The Labute approximate surface area is 170 Å². The van der Waals surface area contributed by atoms with Crippen LogP contribution in [-0.2, 0) is 6.54 Å². The van der Waals surface area contributed by atoms with E-state index in [1.165, 1.54) is 32.1 Å². The Bertz CT molecular complexity index is 630. The molecule has 2 aliphatic rings. The highest BCUT2D eigenvalue weighted by Crippen LogP contribution is 2.30. The molecule has 152 valence electrons. The number of hydrogen-bond donors (Lipinski definition) is 2. The van der Waals surface area contributed by atoms with Gasteiger partial charge in [0, 0.05) is 23.2 Å². The Balaban J connectivity index is 1.71. The van der Waals surface area contributed by atoms with Crippen LogP contribution in [0.1, 0.15) is 84.2 Å². The van der Waals surface area contributed by atoms with E-state index in [1.54, 1.807) is 0 Å². The van der Waals surface area contributed by atoms with Crippen LogP contribution >= 0.6 is 12.2 Å².